The summed E-state index contributed by atoms with van der Waals surface area (Å²) in [5, 5.41) is 27.5. The normalized spacial score (nSPS) is 27.5. The Morgan fingerprint density at radius 3 is 1.74 bits per heavy atom. The van der Waals surface area contributed by atoms with Gasteiger partial charge in [-0.25, -0.2) is 0 Å². The van der Waals surface area contributed by atoms with Crippen LogP contribution >= 0.6 is 0 Å². The van der Waals surface area contributed by atoms with E-state index in [9.17, 15) is 34.2 Å². The van der Waals surface area contributed by atoms with Crippen LogP contribution in [0.5, 0.6) is 0 Å². The molecule has 1 aliphatic rings. The van der Waals surface area contributed by atoms with Gasteiger partial charge in [-0.1, -0.05) is 0 Å². The molecule has 1 saturated heterocycles. The van der Waals surface area contributed by atoms with Crippen molar-refractivity contribution < 1.29 is 48.8 Å². The van der Waals surface area contributed by atoms with Gasteiger partial charge >= 0.3 is 23.9 Å². The Hall–Kier alpha value is -2.69. The number of esters is 1. The van der Waals surface area contributed by atoms with Crippen molar-refractivity contribution in [1.82, 2.24) is 0 Å². The zero-order chi connectivity index (χ0) is 20.7. The second-order valence-corrected chi connectivity index (χ2v) is 6.47. The Bertz CT molecular complexity index is 604. The number of aliphatic carboxylic acids is 3. The molecule has 1 heterocycles. The molecule has 1 amide bonds. The van der Waals surface area contributed by atoms with E-state index in [1.165, 1.54) is 0 Å². The van der Waals surface area contributed by atoms with E-state index in [1.807, 2.05) is 0 Å². The predicted molar refractivity (Wildman–Crippen MR) is 86.3 cm³/mol. The van der Waals surface area contributed by atoms with E-state index in [0.717, 1.165) is 6.92 Å². The van der Waals surface area contributed by atoms with Crippen LogP contribution in [-0.4, -0.2) is 63.9 Å². The molecular weight excluding hydrogens is 366 g/mol. The highest BCUT2D eigenvalue weighted by Crippen LogP contribution is 2.42. The van der Waals surface area contributed by atoms with Gasteiger partial charge in [-0.05, 0) is 11.8 Å². The monoisotopic (exact) mass is 389 g/mol. The highest BCUT2D eigenvalue weighted by Gasteiger charge is 2.48. The highest BCUT2D eigenvalue weighted by atomic mass is 16.6. The summed E-state index contributed by atoms with van der Waals surface area (Å²) in [5.41, 5.74) is 5.21. The van der Waals surface area contributed by atoms with Crippen molar-refractivity contribution in [2.24, 2.45) is 23.5 Å². The standard InChI is InChI=1S/C16H23NO10/c1-7(18)26-6-12-10(4-15(22)23)8(3-14(20)21)9(2-13(17)19)11(27-12)5-16(24)25/h8-12H,2-6H2,1H3,(H2,17,19)(H,20,21)(H,22,23)(H,24,25)/t8-,9-,10-,11+,12+/m1/s1. The van der Waals surface area contributed by atoms with Gasteiger partial charge < -0.3 is 30.5 Å². The maximum Gasteiger partial charge on any atom is 0.305 e. The quantitative estimate of drug-likeness (QED) is 0.353. The van der Waals surface area contributed by atoms with E-state index in [4.69, 9.17) is 20.3 Å². The zero-order valence-electron chi connectivity index (χ0n) is 14.7. The minimum atomic E-state index is -1.24. The second-order valence-electron chi connectivity index (χ2n) is 6.47. The third kappa shape index (κ3) is 7.21. The number of hydrogen-bond donors (Lipinski definition) is 4. The van der Waals surface area contributed by atoms with E-state index in [1.54, 1.807) is 0 Å². The molecule has 5 atom stereocenters. The van der Waals surface area contributed by atoms with Gasteiger partial charge in [0.2, 0.25) is 5.91 Å². The van der Waals surface area contributed by atoms with Crippen molar-refractivity contribution in [1.29, 1.82) is 0 Å². The summed E-state index contributed by atoms with van der Waals surface area (Å²) < 4.78 is 10.5. The molecule has 0 radical (unpaired) electrons. The molecule has 0 unspecified atom stereocenters. The maximum absolute atomic E-state index is 11.4. The largest absolute Gasteiger partial charge is 0.481 e. The van der Waals surface area contributed by atoms with Gasteiger partial charge in [0.05, 0.1) is 25.0 Å². The highest BCUT2D eigenvalue weighted by molar-refractivity contribution is 5.75. The lowest BCUT2D eigenvalue weighted by Crippen LogP contribution is -2.52. The average Bonchev–Trinajstić information content (AvgIpc) is 2.49. The van der Waals surface area contributed by atoms with E-state index < -0.39 is 79.0 Å². The molecule has 27 heavy (non-hydrogen) atoms. The fourth-order valence-corrected chi connectivity index (χ4v) is 3.53. The Balaban J connectivity index is 3.29. The second kappa shape index (κ2) is 9.86. The van der Waals surface area contributed by atoms with E-state index in [0.29, 0.717) is 0 Å². The van der Waals surface area contributed by atoms with Gasteiger partial charge in [0.1, 0.15) is 6.61 Å². The summed E-state index contributed by atoms with van der Waals surface area (Å²) in [6, 6.07) is 0. The smallest absolute Gasteiger partial charge is 0.305 e. The summed E-state index contributed by atoms with van der Waals surface area (Å²) in [5.74, 6) is -7.87. The molecule has 0 aliphatic carbocycles. The van der Waals surface area contributed by atoms with E-state index in [2.05, 4.69) is 0 Å². The number of ether oxygens (including phenoxy) is 2. The van der Waals surface area contributed by atoms with E-state index >= 15 is 0 Å². The van der Waals surface area contributed by atoms with Crippen LogP contribution in [0.15, 0.2) is 0 Å². The van der Waals surface area contributed by atoms with Crippen molar-refractivity contribution in [3.63, 3.8) is 0 Å². The molecule has 0 bridgehead atoms. The van der Waals surface area contributed by atoms with Gasteiger partial charge in [-0.3, -0.25) is 24.0 Å². The van der Waals surface area contributed by atoms with Crippen LogP contribution in [0.25, 0.3) is 0 Å². The SMILES string of the molecule is CC(=O)OC[C@@H]1O[C@@H](CC(=O)O)[C@H](CC(N)=O)[C@@H](CC(=O)O)[C@H]1CC(=O)O. The Kier molecular flexibility index (Phi) is 8.16. The Morgan fingerprint density at radius 1 is 0.815 bits per heavy atom. The molecule has 5 N–H and O–H groups in total. The lowest BCUT2D eigenvalue weighted by molar-refractivity contribution is -0.190. The van der Waals surface area contributed by atoms with E-state index in [-0.39, 0.29) is 13.0 Å². The molecule has 0 saturated carbocycles. The first-order valence-corrected chi connectivity index (χ1v) is 8.23. The molecule has 0 aromatic carbocycles. The average molecular weight is 389 g/mol. The third-order valence-electron chi connectivity index (χ3n) is 4.49. The van der Waals surface area contributed by atoms with Crippen molar-refractivity contribution in [3.05, 3.63) is 0 Å². The first-order chi connectivity index (χ1) is 12.5. The van der Waals surface area contributed by atoms with Crippen LogP contribution in [-0.2, 0) is 33.4 Å². The van der Waals surface area contributed by atoms with Gasteiger partial charge in [0.15, 0.2) is 0 Å². The zero-order valence-corrected chi connectivity index (χ0v) is 14.7. The summed E-state index contributed by atoms with van der Waals surface area (Å²) in [6.07, 6.45) is -4.01. The number of carbonyl (C=O) groups is 5. The molecule has 1 aliphatic heterocycles. The fraction of sp³-hybridized carbons (Fsp3) is 0.688. The predicted octanol–water partition coefficient (Wildman–Crippen LogP) is -0.535. The van der Waals surface area contributed by atoms with Gasteiger partial charge in [0, 0.05) is 25.7 Å². The molecule has 0 aromatic rings. The van der Waals surface area contributed by atoms with Crippen LogP contribution in [0.3, 0.4) is 0 Å². The molecular formula is C16H23NO10. The van der Waals surface area contributed by atoms with Gasteiger partial charge in [0.25, 0.3) is 0 Å². The number of carboxylic acids is 3. The Labute approximate surface area is 154 Å². The molecule has 1 fully saturated rings. The first-order valence-electron chi connectivity index (χ1n) is 8.23. The van der Waals surface area contributed by atoms with Crippen LogP contribution in [0.2, 0.25) is 0 Å². The molecule has 1 rings (SSSR count). The molecule has 0 spiro atoms. The minimum absolute atomic E-state index is 0.355. The summed E-state index contributed by atoms with van der Waals surface area (Å²) >= 11 is 0. The number of carboxylic acid groups (broad SMARTS) is 3. The molecule has 152 valence electrons. The number of primary amides is 1. The maximum atomic E-state index is 11.4. The number of hydrogen-bond acceptors (Lipinski definition) is 7. The van der Waals surface area contributed by atoms with Crippen molar-refractivity contribution in [2.45, 2.75) is 44.8 Å². The van der Waals surface area contributed by atoms with Crippen LogP contribution < -0.4 is 5.73 Å². The third-order valence-corrected chi connectivity index (χ3v) is 4.49. The van der Waals surface area contributed by atoms with Crippen molar-refractivity contribution in [3.8, 4) is 0 Å². The first kappa shape index (κ1) is 22.4. The minimum Gasteiger partial charge on any atom is -0.481 e. The fourth-order valence-electron chi connectivity index (χ4n) is 3.53. The molecule has 0 aromatic heterocycles. The van der Waals surface area contributed by atoms with Crippen LogP contribution in [0.4, 0.5) is 0 Å². The summed E-state index contributed by atoms with van der Waals surface area (Å²) in [6.45, 7) is 0.775. The van der Waals surface area contributed by atoms with Gasteiger partial charge in [-0.2, -0.15) is 0 Å². The Morgan fingerprint density at radius 2 is 1.30 bits per heavy atom. The lowest BCUT2D eigenvalue weighted by atomic mass is 9.69. The number of nitrogens with two attached hydrogens (primary N) is 1. The van der Waals surface area contributed by atoms with Crippen molar-refractivity contribution in [2.75, 3.05) is 6.61 Å². The number of rotatable bonds is 10. The summed E-state index contributed by atoms with van der Waals surface area (Å²) in [7, 11) is 0. The number of carbonyl (C=O) groups excluding carboxylic acids is 2. The summed E-state index contributed by atoms with van der Waals surface area (Å²) in [4.78, 5) is 56.3. The molecule has 11 heteroatoms. The molecule has 11 nitrogen and oxygen atoms in total. The topological polar surface area (TPSA) is 191 Å². The number of amides is 1. The lowest BCUT2D eigenvalue weighted by Gasteiger charge is -2.46. The van der Waals surface area contributed by atoms with Crippen LogP contribution in [0.1, 0.15) is 32.6 Å². The van der Waals surface area contributed by atoms with Gasteiger partial charge in [-0.15, -0.1) is 0 Å². The van der Waals surface area contributed by atoms with Crippen LogP contribution in [0, 0.1) is 17.8 Å². The van der Waals surface area contributed by atoms with Crippen molar-refractivity contribution >= 4 is 29.8 Å².